The zero-order chi connectivity index (χ0) is 23.2. The molecule has 0 unspecified atom stereocenters. The van der Waals surface area contributed by atoms with Gasteiger partial charge in [0.15, 0.2) is 0 Å². The van der Waals surface area contributed by atoms with Gasteiger partial charge in [-0.2, -0.15) is 0 Å². The van der Waals surface area contributed by atoms with Crippen LogP contribution in [0.1, 0.15) is 23.1 Å². The van der Waals surface area contributed by atoms with Gasteiger partial charge in [0.25, 0.3) is 0 Å². The highest BCUT2D eigenvalue weighted by Gasteiger charge is 2.27. The molecular formula is C27H29N3O3. The predicted molar refractivity (Wildman–Crippen MR) is 131 cm³/mol. The van der Waals surface area contributed by atoms with E-state index in [4.69, 9.17) is 4.74 Å². The number of carbonyl (C=O) groups excluding carboxylic acids is 2. The van der Waals surface area contributed by atoms with Gasteiger partial charge in [0.1, 0.15) is 5.75 Å². The Bertz CT molecular complexity index is 1130. The molecule has 1 aliphatic rings. The SMILES string of the molecule is COc1ccc(CC(=O)Nc2cccc(N3CCCN(Cc4cccc(C)c4)C3=O)c2)cc1. The number of nitrogens with zero attached hydrogens (tertiary/aromatic N) is 2. The molecule has 0 bridgehead atoms. The molecular weight excluding hydrogens is 414 g/mol. The minimum absolute atomic E-state index is 0.00975. The second-order valence-electron chi connectivity index (χ2n) is 8.32. The lowest BCUT2D eigenvalue weighted by atomic mass is 10.1. The first kappa shape index (κ1) is 22.4. The number of hydrogen-bond acceptors (Lipinski definition) is 3. The van der Waals surface area contributed by atoms with E-state index in [1.165, 1.54) is 5.56 Å². The van der Waals surface area contributed by atoms with Crippen LogP contribution in [0.2, 0.25) is 0 Å². The molecule has 3 aromatic rings. The second kappa shape index (κ2) is 10.2. The minimum atomic E-state index is -0.108. The van der Waals surface area contributed by atoms with Crippen LogP contribution in [0.25, 0.3) is 0 Å². The molecule has 1 heterocycles. The van der Waals surface area contributed by atoms with Crippen LogP contribution >= 0.6 is 0 Å². The number of nitrogens with one attached hydrogen (secondary N) is 1. The summed E-state index contributed by atoms with van der Waals surface area (Å²) >= 11 is 0. The molecule has 0 atom stereocenters. The summed E-state index contributed by atoms with van der Waals surface area (Å²) in [7, 11) is 1.61. The van der Waals surface area contributed by atoms with Crippen LogP contribution in [-0.2, 0) is 17.8 Å². The highest BCUT2D eigenvalue weighted by molar-refractivity contribution is 5.95. The van der Waals surface area contributed by atoms with Crippen molar-refractivity contribution in [3.8, 4) is 5.75 Å². The van der Waals surface area contributed by atoms with Crippen molar-refractivity contribution >= 4 is 23.3 Å². The normalized spacial score (nSPS) is 13.7. The number of amides is 3. The first-order valence-electron chi connectivity index (χ1n) is 11.2. The largest absolute Gasteiger partial charge is 0.497 e. The molecule has 1 saturated heterocycles. The zero-order valence-corrected chi connectivity index (χ0v) is 19.1. The number of methoxy groups -OCH3 is 1. The molecule has 6 heteroatoms. The average molecular weight is 444 g/mol. The fraction of sp³-hybridized carbons (Fsp3) is 0.259. The van der Waals surface area contributed by atoms with E-state index in [9.17, 15) is 9.59 Å². The Hall–Kier alpha value is -3.80. The van der Waals surface area contributed by atoms with Crippen LogP contribution in [0.4, 0.5) is 16.2 Å². The Morgan fingerprint density at radius 2 is 1.76 bits per heavy atom. The van der Waals surface area contributed by atoms with Crippen molar-refractivity contribution in [1.82, 2.24) is 4.90 Å². The number of aryl methyl sites for hydroxylation is 1. The fourth-order valence-corrected chi connectivity index (χ4v) is 4.08. The third-order valence-corrected chi connectivity index (χ3v) is 5.73. The van der Waals surface area contributed by atoms with E-state index in [-0.39, 0.29) is 18.4 Å². The lowest BCUT2D eigenvalue weighted by Crippen LogP contribution is -2.49. The third kappa shape index (κ3) is 5.71. The molecule has 1 aliphatic heterocycles. The number of urea groups is 1. The monoisotopic (exact) mass is 443 g/mol. The maximum absolute atomic E-state index is 13.2. The van der Waals surface area contributed by atoms with E-state index in [1.54, 1.807) is 12.0 Å². The molecule has 3 amide bonds. The minimum Gasteiger partial charge on any atom is -0.497 e. The van der Waals surface area contributed by atoms with Crippen molar-refractivity contribution < 1.29 is 14.3 Å². The lowest BCUT2D eigenvalue weighted by molar-refractivity contribution is -0.115. The van der Waals surface area contributed by atoms with E-state index in [0.29, 0.717) is 18.8 Å². The number of hydrogen-bond donors (Lipinski definition) is 1. The van der Waals surface area contributed by atoms with E-state index >= 15 is 0 Å². The summed E-state index contributed by atoms with van der Waals surface area (Å²) in [6, 6.07) is 23.2. The van der Waals surface area contributed by atoms with Crippen LogP contribution in [0.5, 0.6) is 5.75 Å². The van der Waals surface area contributed by atoms with Crippen molar-refractivity contribution in [3.63, 3.8) is 0 Å². The molecule has 33 heavy (non-hydrogen) atoms. The van der Waals surface area contributed by atoms with Crippen molar-refractivity contribution in [2.45, 2.75) is 26.3 Å². The highest BCUT2D eigenvalue weighted by atomic mass is 16.5. The van der Waals surface area contributed by atoms with Crippen molar-refractivity contribution in [3.05, 3.63) is 89.5 Å². The fourth-order valence-electron chi connectivity index (χ4n) is 4.08. The molecule has 1 fully saturated rings. The Labute approximate surface area is 194 Å². The molecule has 4 rings (SSSR count). The Morgan fingerprint density at radius 3 is 2.52 bits per heavy atom. The summed E-state index contributed by atoms with van der Waals surface area (Å²) in [6.45, 7) is 4.05. The number of carbonyl (C=O) groups is 2. The summed E-state index contributed by atoms with van der Waals surface area (Å²) in [5.41, 5.74) is 4.69. The lowest BCUT2D eigenvalue weighted by Gasteiger charge is -2.36. The first-order valence-corrected chi connectivity index (χ1v) is 11.2. The van der Waals surface area contributed by atoms with Gasteiger partial charge in [0, 0.05) is 31.0 Å². The van der Waals surface area contributed by atoms with Crippen LogP contribution < -0.4 is 15.0 Å². The summed E-state index contributed by atoms with van der Waals surface area (Å²) in [6.07, 6.45) is 1.16. The molecule has 0 aliphatic carbocycles. The summed E-state index contributed by atoms with van der Waals surface area (Å²) in [4.78, 5) is 29.4. The summed E-state index contributed by atoms with van der Waals surface area (Å²) in [5, 5.41) is 2.95. The smallest absolute Gasteiger partial charge is 0.324 e. The van der Waals surface area contributed by atoms with Gasteiger partial charge in [-0.25, -0.2) is 4.79 Å². The van der Waals surface area contributed by atoms with Gasteiger partial charge >= 0.3 is 6.03 Å². The van der Waals surface area contributed by atoms with Crippen LogP contribution in [0, 0.1) is 6.92 Å². The second-order valence-corrected chi connectivity index (χ2v) is 8.32. The third-order valence-electron chi connectivity index (χ3n) is 5.73. The first-order chi connectivity index (χ1) is 16.0. The standard InChI is InChI=1S/C27H29N3O3/c1-20-6-3-7-22(16-20)19-29-14-5-15-30(27(29)32)24-9-4-8-23(18-24)28-26(31)17-21-10-12-25(33-2)13-11-21/h3-4,6-13,16,18H,5,14-15,17,19H2,1-2H3,(H,28,31). The quantitative estimate of drug-likeness (QED) is 0.558. The van der Waals surface area contributed by atoms with Crippen LogP contribution in [0.15, 0.2) is 72.8 Å². The number of anilines is 2. The zero-order valence-electron chi connectivity index (χ0n) is 19.1. The van der Waals surface area contributed by atoms with Gasteiger partial charge in [-0.05, 0) is 54.8 Å². The van der Waals surface area contributed by atoms with E-state index in [1.807, 2.05) is 59.5 Å². The molecule has 6 nitrogen and oxygen atoms in total. The molecule has 0 spiro atoms. The van der Waals surface area contributed by atoms with E-state index in [2.05, 4.69) is 30.4 Å². The number of ether oxygens (including phenoxy) is 1. The maximum Gasteiger partial charge on any atom is 0.324 e. The van der Waals surface area contributed by atoms with E-state index < -0.39 is 0 Å². The molecule has 1 N–H and O–H groups in total. The molecule has 0 saturated carbocycles. The Kier molecular flexibility index (Phi) is 6.93. The molecule has 0 radical (unpaired) electrons. The van der Waals surface area contributed by atoms with Crippen LogP contribution in [0.3, 0.4) is 0 Å². The summed E-state index contributed by atoms with van der Waals surface area (Å²) < 4.78 is 5.16. The van der Waals surface area contributed by atoms with Crippen LogP contribution in [-0.4, -0.2) is 37.0 Å². The molecule has 170 valence electrons. The van der Waals surface area contributed by atoms with Gasteiger partial charge < -0.3 is 15.0 Å². The number of benzene rings is 3. The van der Waals surface area contributed by atoms with Crippen molar-refractivity contribution in [1.29, 1.82) is 0 Å². The average Bonchev–Trinajstić information content (AvgIpc) is 2.81. The van der Waals surface area contributed by atoms with Gasteiger partial charge in [-0.1, -0.05) is 48.0 Å². The Morgan fingerprint density at radius 1 is 0.970 bits per heavy atom. The summed E-state index contributed by atoms with van der Waals surface area (Å²) in [5.74, 6) is 0.651. The number of rotatable bonds is 7. The predicted octanol–water partition coefficient (Wildman–Crippen LogP) is 5.02. The van der Waals surface area contributed by atoms with E-state index in [0.717, 1.165) is 35.5 Å². The van der Waals surface area contributed by atoms with Gasteiger partial charge in [0.2, 0.25) is 5.91 Å². The van der Waals surface area contributed by atoms with Crippen molar-refractivity contribution in [2.75, 3.05) is 30.4 Å². The van der Waals surface area contributed by atoms with Gasteiger partial charge in [-0.3, -0.25) is 9.69 Å². The van der Waals surface area contributed by atoms with Crippen molar-refractivity contribution in [2.24, 2.45) is 0 Å². The van der Waals surface area contributed by atoms with Gasteiger partial charge in [0.05, 0.1) is 13.5 Å². The highest BCUT2D eigenvalue weighted by Crippen LogP contribution is 2.25. The maximum atomic E-state index is 13.2. The topological polar surface area (TPSA) is 61.9 Å². The Balaban J connectivity index is 1.41. The molecule has 3 aromatic carbocycles. The molecule has 0 aromatic heterocycles. The van der Waals surface area contributed by atoms with Gasteiger partial charge in [-0.15, -0.1) is 0 Å².